The van der Waals surface area contributed by atoms with Crippen molar-refractivity contribution in [1.29, 1.82) is 0 Å². The van der Waals surface area contributed by atoms with Crippen LogP contribution in [0.25, 0.3) is 0 Å². The summed E-state index contributed by atoms with van der Waals surface area (Å²) in [5.41, 5.74) is 5.90. The number of anilines is 2. The van der Waals surface area contributed by atoms with Gasteiger partial charge in [-0.05, 0) is 24.7 Å². The van der Waals surface area contributed by atoms with E-state index >= 15 is 0 Å². The zero-order chi connectivity index (χ0) is 13.2. The van der Waals surface area contributed by atoms with E-state index in [1.54, 1.807) is 0 Å². The Hall–Kier alpha value is -1.85. The third-order valence-electron chi connectivity index (χ3n) is 3.42. The minimum atomic E-state index is -0.456. The molecule has 3 N–H and O–H groups in total. The number of nitrogens with zero attached hydrogens (tertiary/aromatic N) is 2. The van der Waals surface area contributed by atoms with Crippen LogP contribution in [0.3, 0.4) is 0 Å². The number of nitrogens with one attached hydrogen (secondary N) is 1. The molecule has 0 spiro atoms. The Morgan fingerprint density at radius 3 is 2.83 bits per heavy atom. The van der Waals surface area contributed by atoms with Gasteiger partial charge in [-0.15, -0.1) is 0 Å². The molecule has 1 aromatic heterocycles. The number of pyridine rings is 1. The van der Waals surface area contributed by atoms with Gasteiger partial charge in [-0.1, -0.05) is 13.3 Å². The summed E-state index contributed by atoms with van der Waals surface area (Å²) in [6.07, 6.45) is 4.78. The summed E-state index contributed by atoms with van der Waals surface area (Å²) in [7, 11) is 0. The number of hydrogen-bond donors (Lipinski definition) is 2. The van der Waals surface area contributed by atoms with Crippen molar-refractivity contribution >= 4 is 17.3 Å². The second kappa shape index (κ2) is 4.80. The van der Waals surface area contributed by atoms with Crippen LogP contribution in [-0.2, 0) is 0 Å². The van der Waals surface area contributed by atoms with E-state index in [4.69, 9.17) is 5.73 Å². The predicted octanol–water partition coefficient (Wildman–Crippen LogP) is 2.56. The van der Waals surface area contributed by atoms with E-state index in [0.29, 0.717) is 11.2 Å². The van der Waals surface area contributed by atoms with Gasteiger partial charge in [0.1, 0.15) is 11.6 Å². The van der Waals surface area contributed by atoms with Gasteiger partial charge in [-0.25, -0.2) is 4.98 Å². The molecular formula is C12H18N4O2. The van der Waals surface area contributed by atoms with E-state index in [1.165, 1.54) is 31.4 Å². The first-order chi connectivity index (χ1) is 8.54. The Morgan fingerprint density at radius 2 is 2.28 bits per heavy atom. The standard InChI is InChI=1S/C12H18N4O2/c1-2-3-12(4-5-12)8-14-11-7-9(16(17)18)6-10(13)15-11/h6-7H,2-5,8H2,1H3,(H3,13,14,15). The number of nitrogens with two attached hydrogens (primary N) is 1. The Labute approximate surface area is 106 Å². The third-order valence-corrected chi connectivity index (χ3v) is 3.42. The SMILES string of the molecule is CCCC1(CNc2cc([N+](=O)[O-])cc(N)n2)CC1. The highest BCUT2D eigenvalue weighted by atomic mass is 16.6. The molecular weight excluding hydrogens is 232 g/mol. The number of nitro groups is 1. The molecule has 0 saturated heterocycles. The van der Waals surface area contributed by atoms with Gasteiger partial charge in [-0.3, -0.25) is 10.1 Å². The molecule has 0 atom stereocenters. The first kappa shape index (κ1) is 12.6. The van der Waals surface area contributed by atoms with E-state index in [2.05, 4.69) is 17.2 Å². The van der Waals surface area contributed by atoms with Gasteiger partial charge in [0.2, 0.25) is 0 Å². The molecule has 18 heavy (non-hydrogen) atoms. The van der Waals surface area contributed by atoms with Crippen LogP contribution in [0.5, 0.6) is 0 Å². The van der Waals surface area contributed by atoms with Gasteiger partial charge >= 0.3 is 0 Å². The molecule has 0 unspecified atom stereocenters. The molecule has 6 heteroatoms. The highest BCUT2D eigenvalue weighted by Gasteiger charge is 2.41. The van der Waals surface area contributed by atoms with Gasteiger partial charge in [0.25, 0.3) is 5.69 Å². The molecule has 0 aromatic carbocycles. The largest absolute Gasteiger partial charge is 0.383 e. The van der Waals surface area contributed by atoms with Crippen molar-refractivity contribution < 1.29 is 4.92 Å². The lowest BCUT2D eigenvalue weighted by atomic mass is 10.0. The lowest BCUT2D eigenvalue weighted by molar-refractivity contribution is -0.384. The predicted molar refractivity (Wildman–Crippen MR) is 70.4 cm³/mol. The van der Waals surface area contributed by atoms with Crippen molar-refractivity contribution in [2.24, 2.45) is 5.41 Å². The van der Waals surface area contributed by atoms with E-state index < -0.39 is 4.92 Å². The van der Waals surface area contributed by atoms with Crippen LogP contribution < -0.4 is 11.1 Å². The summed E-state index contributed by atoms with van der Waals surface area (Å²) in [4.78, 5) is 14.3. The van der Waals surface area contributed by atoms with Crippen molar-refractivity contribution in [1.82, 2.24) is 4.98 Å². The van der Waals surface area contributed by atoms with Gasteiger partial charge in [0.15, 0.2) is 0 Å². The average molecular weight is 250 g/mol. The smallest absolute Gasteiger partial charge is 0.276 e. The van der Waals surface area contributed by atoms with Gasteiger partial charge < -0.3 is 11.1 Å². The van der Waals surface area contributed by atoms with Gasteiger partial charge in [0.05, 0.1) is 17.1 Å². The quantitative estimate of drug-likeness (QED) is 0.597. The Balaban J connectivity index is 2.03. The molecule has 6 nitrogen and oxygen atoms in total. The molecule has 0 aliphatic heterocycles. The normalized spacial score (nSPS) is 16.3. The van der Waals surface area contributed by atoms with Crippen LogP contribution >= 0.6 is 0 Å². The molecule has 1 aliphatic carbocycles. The van der Waals surface area contributed by atoms with Crippen LogP contribution in [-0.4, -0.2) is 16.5 Å². The molecule has 1 heterocycles. The fraction of sp³-hybridized carbons (Fsp3) is 0.583. The fourth-order valence-electron chi connectivity index (χ4n) is 2.23. The number of nitrogen functional groups attached to an aromatic ring is 1. The lowest BCUT2D eigenvalue weighted by Gasteiger charge is -2.15. The molecule has 0 radical (unpaired) electrons. The molecule has 2 rings (SSSR count). The van der Waals surface area contributed by atoms with Gasteiger partial charge in [0, 0.05) is 6.54 Å². The first-order valence-corrected chi connectivity index (χ1v) is 6.20. The highest BCUT2D eigenvalue weighted by molar-refractivity contribution is 5.52. The maximum atomic E-state index is 10.7. The van der Waals surface area contributed by atoms with Crippen molar-refractivity contribution in [3.8, 4) is 0 Å². The topological polar surface area (TPSA) is 94.1 Å². The monoisotopic (exact) mass is 250 g/mol. The van der Waals surface area contributed by atoms with Crippen molar-refractivity contribution in [3.05, 3.63) is 22.2 Å². The Bertz CT molecular complexity index is 457. The molecule has 0 amide bonds. The van der Waals surface area contributed by atoms with E-state index in [9.17, 15) is 10.1 Å². The number of rotatable bonds is 6. The van der Waals surface area contributed by atoms with Gasteiger partial charge in [-0.2, -0.15) is 0 Å². The minimum absolute atomic E-state index is 0.0228. The summed E-state index contributed by atoms with van der Waals surface area (Å²) < 4.78 is 0. The molecule has 98 valence electrons. The summed E-state index contributed by atoms with van der Waals surface area (Å²) in [5.74, 6) is 0.663. The minimum Gasteiger partial charge on any atom is -0.383 e. The number of hydrogen-bond acceptors (Lipinski definition) is 5. The molecule has 1 fully saturated rings. The Morgan fingerprint density at radius 1 is 1.56 bits per heavy atom. The summed E-state index contributed by atoms with van der Waals surface area (Å²) in [6.45, 7) is 2.98. The van der Waals surface area contributed by atoms with Crippen LogP contribution in [0, 0.1) is 15.5 Å². The molecule has 0 bridgehead atoms. The number of aromatic nitrogens is 1. The van der Waals surface area contributed by atoms with Crippen molar-refractivity contribution in [2.75, 3.05) is 17.6 Å². The fourth-order valence-corrected chi connectivity index (χ4v) is 2.23. The Kier molecular flexibility index (Phi) is 3.36. The van der Waals surface area contributed by atoms with Crippen molar-refractivity contribution in [2.45, 2.75) is 32.6 Å². The van der Waals surface area contributed by atoms with Crippen LogP contribution in [0.2, 0.25) is 0 Å². The van der Waals surface area contributed by atoms with E-state index in [-0.39, 0.29) is 11.5 Å². The maximum Gasteiger partial charge on any atom is 0.276 e. The van der Waals surface area contributed by atoms with E-state index in [0.717, 1.165) is 13.0 Å². The van der Waals surface area contributed by atoms with E-state index in [1.807, 2.05) is 0 Å². The summed E-state index contributed by atoms with van der Waals surface area (Å²) in [5, 5.41) is 13.9. The second-order valence-corrected chi connectivity index (χ2v) is 5.00. The van der Waals surface area contributed by atoms with Crippen LogP contribution in [0.4, 0.5) is 17.3 Å². The second-order valence-electron chi connectivity index (χ2n) is 5.00. The lowest BCUT2D eigenvalue weighted by Crippen LogP contribution is -2.16. The zero-order valence-electron chi connectivity index (χ0n) is 10.5. The summed E-state index contributed by atoms with van der Waals surface area (Å²) in [6, 6.07) is 2.70. The van der Waals surface area contributed by atoms with Crippen LogP contribution in [0.1, 0.15) is 32.6 Å². The molecule has 1 aliphatic rings. The summed E-state index contributed by atoms with van der Waals surface area (Å²) >= 11 is 0. The highest BCUT2D eigenvalue weighted by Crippen LogP contribution is 2.49. The van der Waals surface area contributed by atoms with Crippen molar-refractivity contribution in [3.63, 3.8) is 0 Å². The molecule has 1 saturated carbocycles. The maximum absolute atomic E-state index is 10.7. The molecule has 1 aromatic rings. The third kappa shape index (κ3) is 2.88. The van der Waals surface area contributed by atoms with Crippen LogP contribution in [0.15, 0.2) is 12.1 Å². The first-order valence-electron chi connectivity index (χ1n) is 6.20. The average Bonchev–Trinajstić information content (AvgIpc) is 3.07. The zero-order valence-corrected chi connectivity index (χ0v) is 10.5.